The smallest absolute Gasteiger partial charge is 0.190 e. The van der Waals surface area contributed by atoms with Crippen molar-refractivity contribution in [1.29, 1.82) is 0 Å². The predicted molar refractivity (Wildman–Crippen MR) is 104 cm³/mol. The molecule has 0 aromatic heterocycles. The van der Waals surface area contributed by atoms with Crippen LogP contribution in [0.4, 0.5) is 0 Å². The van der Waals surface area contributed by atoms with Crippen LogP contribution >= 0.6 is 23.2 Å². The molecule has 0 bridgehead atoms. The molecule has 0 radical (unpaired) electrons. The molecule has 0 saturated heterocycles. The van der Waals surface area contributed by atoms with Gasteiger partial charge in [0.15, 0.2) is 6.23 Å². The second-order valence-corrected chi connectivity index (χ2v) is 7.78. The number of nitrogens with zero attached hydrogens (tertiary/aromatic N) is 2. The summed E-state index contributed by atoms with van der Waals surface area (Å²) >= 11 is 12.7. The molecular formula is C20H20Cl2N2O2. The van der Waals surface area contributed by atoms with E-state index in [2.05, 4.69) is 18.9 Å². The number of benzene rings is 2. The van der Waals surface area contributed by atoms with Crippen LogP contribution in [-0.2, 0) is 0 Å². The number of hydrazone groups is 1. The number of fused-ring (bicyclic) bond motifs is 3. The molecule has 0 aliphatic carbocycles. The molecule has 4 rings (SSSR count). The fourth-order valence-corrected chi connectivity index (χ4v) is 4.09. The summed E-state index contributed by atoms with van der Waals surface area (Å²) in [6.07, 6.45) is 0.615. The van der Waals surface area contributed by atoms with Crippen molar-refractivity contribution in [3.05, 3.63) is 57.6 Å². The summed E-state index contributed by atoms with van der Waals surface area (Å²) in [4.78, 5) is 0. The highest BCUT2D eigenvalue weighted by molar-refractivity contribution is 6.35. The van der Waals surface area contributed by atoms with Crippen molar-refractivity contribution in [3.63, 3.8) is 0 Å². The van der Waals surface area contributed by atoms with Gasteiger partial charge in [-0.05, 0) is 42.0 Å². The van der Waals surface area contributed by atoms with Crippen LogP contribution in [0, 0.1) is 5.92 Å². The summed E-state index contributed by atoms with van der Waals surface area (Å²) < 4.78 is 11.5. The van der Waals surface area contributed by atoms with Crippen molar-refractivity contribution in [2.24, 2.45) is 11.0 Å². The number of hydrogen-bond donors (Lipinski definition) is 0. The van der Waals surface area contributed by atoms with E-state index in [1.165, 1.54) is 0 Å². The number of halogens is 2. The topological polar surface area (TPSA) is 34.1 Å². The van der Waals surface area contributed by atoms with Gasteiger partial charge in [0.25, 0.3) is 0 Å². The van der Waals surface area contributed by atoms with Crippen LogP contribution in [0.3, 0.4) is 0 Å². The molecule has 0 fully saturated rings. The summed E-state index contributed by atoms with van der Waals surface area (Å²) in [5.41, 5.74) is 3.10. The number of hydrogen-bond acceptors (Lipinski definition) is 4. The first kappa shape index (κ1) is 17.5. The van der Waals surface area contributed by atoms with Crippen LogP contribution in [0.2, 0.25) is 10.0 Å². The van der Waals surface area contributed by atoms with Crippen molar-refractivity contribution in [2.45, 2.75) is 32.5 Å². The van der Waals surface area contributed by atoms with Gasteiger partial charge in [-0.25, -0.2) is 5.01 Å². The Morgan fingerprint density at radius 2 is 1.92 bits per heavy atom. The molecule has 0 saturated carbocycles. The second-order valence-electron chi connectivity index (χ2n) is 6.93. The zero-order valence-electron chi connectivity index (χ0n) is 14.9. The molecule has 2 atom stereocenters. The zero-order valence-corrected chi connectivity index (χ0v) is 16.4. The van der Waals surface area contributed by atoms with Gasteiger partial charge in [0.2, 0.25) is 0 Å². The van der Waals surface area contributed by atoms with Crippen molar-refractivity contribution in [2.75, 3.05) is 7.11 Å². The van der Waals surface area contributed by atoms with Crippen LogP contribution < -0.4 is 9.47 Å². The molecule has 2 aliphatic rings. The van der Waals surface area contributed by atoms with E-state index in [9.17, 15) is 0 Å². The molecule has 0 amide bonds. The Labute approximate surface area is 163 Å². The highest BCUT2D eigenvalue weighted by atomic mass is 35.5. The lowest BCUT2D eigenvalue weighted by Crippen LogP contribution is -2.43. The lowest BCUT2D eigenvalue weighted by atomic mass is 9.95. The van der Waals surface area contributed by atoms with E-state index < -0.39 is 0 Å². The van der Waals surface area contributed by atoms with Crippen LogP contribution in [0.5, 0.6) is 11.5 Å². The molecule has 2 heterocycles. The van der Waals surface area contributed by atoms with Gasteiger partial charge in [-0.15, -0.1) is 0 Å². The fraction of sp³-hybridized carbons (Fsp3) is 0.350. The highest BCUT2D eigenvalue weighted by Gasteiger charge is 2.42. The van der Waals surface area contributed by atoms with Crippen molar-refractivity contribution in [1.82, 2.24) is 5.01 Å². The largest absolute Gasteiger partial charge is 0.497 e. The average molecular weight is 391 g/mol. The summed E-state index contributed by atoms with van der Waals surface area (Å²) in [6, 6.07) is 11.7. The third kappa shape index (κ3) is 2.91. The molecule has 136 valence electrons. The highest BCUT2D eigenvalue weighted by Crippen LogP contribution is 2.48. The minimum Gasteiger partial charge on any atom is -0.497 e. The van der Waals surface area contributed by atoms with Crippen LogP contribution in [0.25, 0.3) is 0 Å². The lowest BCUT2D eigenvalue weighted by molar-refractivity contribution is -0.0460. The van der Waals surface area contributed by atoms with Gasteiger partial charge < -0.3 is 9.47 Å². The summed E-state index contributed by atoms with van der Waals surface area (Å²) in [7, 11) is 1.66. The summed E-state index contributed by atoms with van der Waals surface area (Å²) in [5.74, 6) is 1.82. The maximum absolute atomic E-state index is 6.42. The Morgan fingerprint density at radius 1 is 1.19 bits per heavy atom. The Balaban J connectivity index is 1.75. The van der Waals surface area contributed by atoms with Crippen molar-refractivity contribution in [3.8, 4) is 11.5 Å². The van der Waals surface area contributed by atoms with E-state index in [0.717, 1.165) is 34.8 Å². The third-order valence-corrected chi connectivity index (χ3v) is 5.33. The minimum atomic E-state index is -0.165. The van der Waals surface area contributed by atoms with Gasteiger partial charge in [0, 0.05) is 22.9 Å². The second kappa shape index (κ2) is 6.67. The summed E-state index contributed by atoms with van der Waals surface area (Å²) in [5, 5.41) is 8.11. The molecule has 6 heteroatoms. The average Bonchev–Trinajstić information content (AvgIpc) is 3.06. The SMILES string of the molecule is COc1ccc(C2=NN3[C@@H](C2)c2cc(Cl)cc(Cl)c2O[C@H]3C(C)C)cc1. The van der Waals surface area contributed by atoms with Gasteiger partial charge in [-0.2, -0.15) is 5.10 Å². The van der Waals surface area contributed by atoms with E-state index in [1.807, 2.05) is 30.3 Å². The number of methoxy groups -OCH3 is 1. The fourth-order valence-electron chi connectivity index (χ4n) is 3.54. The molecule has 2 aromatic carbocycles. The number of ether oxygens (including phenoxy) is 2. The van der Waals surface area contributed by atoms with Crippen LogP contribution in [0.15, 0.2) is 41.5 Å². The Kier molecular flexibility index (Phi) is 4.49. The van der Waals surface area contributed by atoms with E-state index >= 15 is 0 Å². The maximum Gasteiger partial charge on any atom is 0.190 e. The molecule has 0 N–H and O–H groups in total. The normalized spacial score (nSPS) is 21.2. The van der Waals surface area contributed by atoms with Crippen molar-refractivity contribution < 1.29 is 9.47 Å². The lowest BCUT2D eigenvalue weighted by Gasteiger charge is -2.40. The van der Waals surface area contributed by atoms with E-state index in [0.29, 0.717) is 10.0 Å². The van der Waals surface area contributed by atoms with Gasteiger partial charge in [0.1, 0.15) is 11.5 Å². The minimum absolute atomic E-state index is 0.0689. The van der Waals surface area contributed by atoms with Gasteiger partial charge in [-0.1, -0.05) is 37.0 Å². The van der Waals surface area contributed by atoms with Gasteiger partial charge >= 0.3 is 0 Å². The Morgan fingerprint density at radius 3 is 2.58 bits per heavy atom. The standard InChI is InChI=1S/C20H20Cl2N2O2/c1-11(2)20-24-18(15-8-13(21)9-16(22)19(15)26-20)10-17(23-24)12-4-6-14(25-3)7-5-12/h4-9,11,18,20H,10H2,1-3H3/t18-,20-/m0/s1. The Hall–Kier alpha value is -1.91. The first-order valence-corrected chi connectivity index (χ1v) is 9.39. The van der Waals surface area contributed by atoms with E-state index in [-0.39, 0.29) is 18.2 Å². The molecule has 26 heavy (non-hydrogen) atoms. The monoisotopic (exact) mass is 390 g/mol. The quantitative estimate of drug-likeness (QED) is 0.690. The molecule has 0 spiro atoms. The third-order valence-electron chi connectivity index (χ3n) is 4.83. The molecule has 2 aliphatic heterocycles. The maximum atomic E-state index is 6.42. The molecule has 0 unspecified atom stereocenters. The Bertz CT molecular complexity index is 865. The first-order valence-electron chi connectivity index (χ1n) is 8.63. The molecular weight excluding hydrogens is 371 g/mol. The van der Waals surface area contributed by atoms with E-state index in [4.69, 9.17) is 37.8 Å². The van der Waals surface area contributed by atoms with Crippen LogP contribution in [-0.4, -0.2) is 24.1 Å². The van der Waals surface area contributed by atoms with Gasteiger partial charge in [-0.3, -0.25) is 0 Å². The van der Waals surface area contributed by atoms with E-state index in [1.54, 1.807) is 13.2 Å². The van der Waals surface area contributed by atoms with Gasteiger partial charge in [0.05, 0.1) is 23.9 Å². The predicted octanol–water partition coefficient (Wildman–Crippen LogP) is 5.53. The zero-order chi connectivity index (χ0) is 18.4. The molecule has 4 nitrogen and oxygen atoms in total. The summed E-state index contributed by atoms with van der Waals surface area (Å²) in [6.45, 7) is 4.24. The molecule has 2 aromatic rings. The number of rotatable bonds is 3. The first-order chi connectivity index (χ1) is 12.5. The van der Waals surface area contributed by atoms with Crippen molar-refractivity contribution >= 4 is 28.9 Å². The van der Waals surface area contributed by atoms with Crippen LogP contribution in [0.1, 0.15) is 37.4 Å².